The van der Waals surface area contributed by atoms with Crippen LogP contribution >= 0.6 is 0 Å². The average molecular weight is 411 g/mol. The second-order valence-electron chi connectivity index (χ2n) is 7.30. The number of aromatic nitrogens is 2. The molecular weight excluding hydrogens is 384 g/mol. The van der Waals surface area contributed by atoms with Gasteiger partial charge in [0, 0.05) is 26.5 Å². The Hall–Kier alpha value is -3.22. The Labute approximate surface area is 175 Å². The van der Waals surface area contributed by atoms with Crippen molar-refractivity contribution in [3.05, 3.63) is 45.9 Å². The van der Waals surface area contributed by atoms with E-state index in [4.69, 9.17) is 9.72 Å². The SMILES string of the molecule is COCCCNC(=O)/C(C#N)=C/c1c(N2CC[NH+](C)CC2)nc2ccccn2c1=O. The van der Waals surface area contributed by atoms with E-state index in [2.05, 4.69) is 17.3 Å². The van der Waals surface area contributed by atoms with E-state index in [9.17, 15) is 14.9 Å². The molecule has 1 saturated heterocycles. The largest absolute Gasteiger partial charge is 0.385 e. The number of methoxy groups -OCH3 is 1. The van der Waals surface area contributed by atoms with E-state index >= 15 is 0 Å². The maximum atomic E-state index is 13.2. The number of fused-ring (bicyclic) bond motifs is 1. The zero-order valence-corrected chi connectivity index (χ0v) is 17.4. The molecule has 0 aromatic carbocycles. The van der Waals surface area contributed by atoms with Crippen molar-refractivity contribution in [2.45, 2.75) is 6.42 Å². The molecule has 158 valence electrons. The first-order valence-electron chi connectivity index (χ1n) is 10.0. The van der Waals surface area contributed by atoms with E-state index < -0.39 is 5.91 Å². The number of anilines is 1. The molecule has 0 spiro atoms. The van der Waals surface area contributed by atoms with E-state index in [1.165, 1.54) is 15.4 Å². The van der Waals surface area contributed by atoms with Crippen LogP contribution in [0.15, 0.2) is 34.8 Å². The molecule has 0 atom stereocenters. The van der Waals surface area contributed by atoms with Crippen LogP contribution in [0.25, 0.3) is 11.7 Å². The molecule has 1 fully saturated rings. The van der Waals surface area contributed by atoms with Crippen molar-refractivity contribution in [3.8, 4) is 6.07 Å². The van der Waals surface area contributed by atoms with Gasteiger partial charge in [-0.05, 0) is 24.6 Å². The van der Waals surface area contributed by atoms with Gasteiger partial charge in [0.2, 0.25) is 0 Å². The highest BCUT2D eigenvalue weighted by atomic mass is 16.5. The standard InChI is InChI=1S/C21H26N6O3/c1-25-9-11-26(12-10-25)19-17(21(29)27-8-4-3-6-18(27)24-19)14-16(15-22)20(28)23-7-5-13-30-2/h3-4,6,8,14H,5,7,9-13H2,1-2H3,(H,23,28)/p+1/b16-14+. The number of quaternary nitrogens is 1. The number of carbonyl (C=O) groups excluding carboxylic acids is 1. The topological polar surface area (TPSA) is 104 Å². The predicted molar refractivity (Wildman–Crippen MR) is 113 cm³/mol. The van der Waals surface area contributed by atoms with Crippen molar-refractivity contribution in [3.63, 3.8) is 0 Å². The Morgan fingerprint density at radius 3 is 2.87 bits per heavy atom. The number of hydrogen-bond acceptors (Lipinski definition) is 6. The normalized spacial score (nSPS) is 15.2. The fourth-order valence-corrected chi connectivity index (χ4v) is 3.37. The number of rotatable bonds is 7. The van der Waals surface area contributed by atoms with Gasteiger partial charge in [-0.15, -0.1) is 0 Å². The molecule has 2 aromatic heterocycles. The smallest absolute Gasteiger partial charge is 0.267 e. The minimum absolute atomic E-state index is 0.122. The van der Waals surface area contributed by atoms with Gasteiger partial charge in [0.25, 0.3) is 11.5 Å². The summed E-state index contributed by atoms with van der Waals surface area (Å²) in [7, 11) is 3.71. The molecule has 1 amide bonds. The molecule has 9 nitrogen and oxygen atoms in total. The number of piperazine rings is 1. The highest BCUT2D eigenvalue weighted by molar-refractivity contribution is 6.02. The lowest BCUT2D eigenvalue weighted by Gasteiger charge is -2.31. The fourth-order valence-electron chi connectivity index (χ4n) is 3.37. The van der Waals surface area contributed by atoms with Crippen LogP contribution in [0.4, 0.5) is 5.82 Å². The van der Waals surface area contributed by atoms with E-state index in [1.54, 1.807) is 25.4 Å². The summed E-state index contributed by atoms with van der Waals surface area (Å²) in [5.74, 6) is -0.00133. The summed E-state index contributed by atoms with van der Waals surface area (Å²) >= 11 is 0. The zero-order chi connectivity index (χ0) is 21.5. The van der Waals surface area contributed by atoms with Crippen LogP contribution in [0, 0.1) is 11.3 Å². The van der Waals surface area contributed by atoms with Gasteiger partial charge < -0.3 is 19.9 Å². The first kappa shape index (κ1) is 21.5. The van der Waals surface area contributed by atoms with E-state index in [0.717, 1.165) is 26.2 Å². The number of pyridine rings is 1. The average Bonchev–Trinajstić information content (AvgIpc) is 2.76. The van der Waals surface area contributed by atoms with Crippen LogP contribution in [0.3, 0.4) is 0 Å². The lowest BCUT2D eigenvalue weighted by molar-refractivity contribution is -0.880. The van der Waals surface area contributed by atoms with Crippen molar-refractivity contribution >= 4 is 23.4 Å². The van der Waals surface area contributed by atoms with Crippen molar-refractivity contribution < 1.29 is 14.4 Å². The summed E-state index contributed by atoms with van der Waals surface area (Å²) in [6, 6.07) is 7.26. The predicted octanol–water partition coefficient (Wildman–Crippen LogP) is -0.911. The number of amides is 1. The van der Waals surface area contributed by atoms with E-state index in [1.807, 2.05) is 12.1 Å². The van der Waals surface area contributed by atoms with Crippen LogP contribution in [-0.2, 0) is 9.53 Å². The molecule has 0 saturated carbocycles. The highest BCUT2D eigenvalue weighted by Crippen LogP contribution is 2.19. The van der Waals surface area contributed by atoms with Crippen molar-refractivity contribution in [1.29, 1.82) is 5.26 Å². The maximum Gasteiger partial charge on any atom is 0.267 e. The van der Waals surface area contributed by atoms with Gasteiger partial charge in [0.05, 0.1) is 38.8 Å². The third kappa shape index (κ3) is 4.84. The number of nitrogens with one attached hydrogen (secondary N) is 2. The molecular formula is C21H27N6O3+. The highest BCUT2D eigenvalue weighted by Gasteiger charge is 2.23. The molecule has 0 bridgehead atoms. The molecule has 0 radical (unpaired) electrons. The number of ether oxygens (including phenoxy) is 1. The Morgan fingerprint density at radius 1 is 1.40 bits per heavy atom. The quantitative estimate of drug-likeness (QED) is 0.347. The second-order valence-corrected chi connectivity index (χ2v) is 7.30. The lowest BCUT2D eigenvalue weighted by atomic mass is 10.1. The van der Waals surface area contributed by atoms with Gasteiger partial charge in [0.1, 0.15) is 23.1 Å². The van der Waals surface area contributed by atoms with E-state index in [0.29, 0.717) is 31.0 Å². The molecule has 3 heterocycles. The van der Waals surface area contributed by atoms with Crippen LogP contribution in [0.2, 0.25) is 0 Å². The fraction of sp³-hybridized carbons (Fsp3) is 0.429. The van der Waals surface area contributed by atoms with Crippen molar-refractivity contribution in [2.75, 3.05) is 58.4 Å². The maximum absolute atomic E-state index is 13.2. The third-order valence-corrected chi connectivity index (χ3v) is 5.13. The zero-order valence-electron chi connectivity index (χ0n) is 17.4. The lowest BCUT2D eigenvalue weighted by Crippen LogP contribution is -3.12. The van der Waals surface area contributed by atoms with Crippen molar-refractivity contribution in [1.82, 2.24) is 14.7 Å². The first-order chi connectivity index (χ1) is 14.5. The molecule has 2 aromatic rings. The van der Waals surface area contributed by atoms with Crippen LogP contribution in [0.1, 0.15) is 12.0 Å². The van der Waals surface area contributed by atoms with Crippen LogP contribution in [0.5, 0.6) is 0 Å². The Bertz CT molecular complexity index is 1030. The Kier molecular flexibility index (Phi) is 7.17. The molecule has 1 aliphatic heterocycles. The molecule has 9 heteroatoms. The Balaban J connectivity index is 2.02. The van der Waals surface area contributed by atoms with Gasteiger partial charge in [-0.3, -0.25) is 14.0 Å². The third-order valence-electron chi connectivity index (χ3n) is 5.13. The summed E-state index contributed by atoms with van der Waals surface area (Å²) in [6.07, 6.45) is 3.63. The first-order valence-corrected chi connectivity index (χ1v) is 10.0. The van der Waals surface area contributed by atoms with Gasteiger partial charge in [-0.1, -0.05) is 6.07 Å². The number of nitrogens with zero attached hydrogens (tertiary/aromatic N) is 4. The molecule has 0 unspecified atom stereocenters. The van der Waals surface area contributed by atoms with Gasteiger partial charge >= 0.3 is 0 Å². The van der Waals surface area contributed by atoms with E-state index in [-0.39, 0.29) is 16.7 Å². The molecule has 3 rings (SSSR count). The summed E-state index contributed by atoms with van der Waals surface area (Å²) in [4.78, 5) is 33.8. The monoisotopic (exact) mass is 411 g/mol. The van der Waals surface area contributed by atoms with Gasteiger partial charge in [0.15, 0.2) is 0 Å². The molecule has 2 N–H and O–H groups in total. The molecule has 1 aliphatic rings. The summed E-state index contributed by atoms with van der Waals surface area (Å²) < 4.78 is 6.40. The number of nitriles is 1. The van der Waals surface area contributed by atoms with Crippen molar-refractivity contribution in [2.24, 2.45) is 0 Å². The summed E-state index contributed by atoms with van der Waals surface area (Å²) in [5.41, 5.74) is 0.357. The van der Waals surface area contributed by atoms with Crippen LogP contribution < -0.4 is 20.7 Å². The molecule has 30 heavy (non-hydrogen) atoms. The minimum atomic E-state index is -0.514. The number of carbonyl (C=O) groups is 1. The minimum Gasteiger partial charge on any atom is -0.385 e. The summed E-state index contributed by atoms with van der Waals surface area (Å²) in [6.45, 7) is 4.22. The number of likely N-dealkylation sites (N-methyl/N-ethyl adjacent to an activating group) is 1. The number of hydrogen-bond donors (Lipinski definition) is 2. The Morgan fingerprint density at radius 2 is 2.17 bits per heavy atom. The molecule has 0 aliphatic carbocycles. The van der Waals surface area contributed by atoms with Gasteiger partial charge in [-0.25, -0.2) is 4.98 Å². The van der Waals surface area contributed by atoms with Gasteiger partial charge in [-0.2, -0.15) is 5.26 Å². The second kappa shape index (κ2) is 10.0. The van der Waals surface area contributed by atoms with Crippen LogP contribution in [-0.4, -0.2) is 68.8 Å². The summed E-state index contributed by atoms with van der Waals surface area (Å²) in [5, 5.41) is 12.2.